The molecule has 5 nitrogen and oxygen atoms in total. The third-order valence-corrected chi connectivity index (χ3v) is 3.32. The van der Waals surface area contributed by atoms with Gasteiger partial charge >= 0.3 is 5.97 Å². The minimum Gasteiger partial charge on any atom is -0.481 e. The summed E-state index contributed by atoms with van der Waals surface area (Å²) in [6, 6.07) is 4.34. The van der Waals surface area contributed by atoms with E-state index in [0.717, 1.165) is 0 Å². The number of nitrogens with one attached hydrogen (secondary N) is 1. The standard InChI is InChI=1S/C13H13ClN2O3/c14-10-4-2-7(6-11(10)15)12(17)16-9-3-1-8(5-9)13(18)19/h1-4,6,8-9H,5,15H2,(H,16,17)(H,18,19). The number of carboxylic acids is 1. The van der Waals surface area contributed by atoms with Gasteiger partial charge in [-0.3, -0.25) is 9.59 Å². The molecule has 2 atom stereocenters. The van der Waals surface area contributed by atoms with Crippen molar-refractivity contribution in [2.75, 3.05) is 5.73 Å². The normalized spacial score (nSPS) is 21.3. The number of hydrogen-bond acceptors (Lipinski definition) is 3. The van der Waals surface area contributed by atoms with Crippen LogP contribution in [0.2, 0.25) is 5.02 Å². The highest BCUT2D eigenvalue weighted by atomic mass is 35.5. The molecule has 1 amide bonds. The molecule has 0 heterocycles. The van der Waals surface area contributed by atoms with E-state index in [1.165, 1.54) is 6.07 Å². The van der Waals surface area contributed by atoms with Crippen molar-refractivity contribution in [1.29, 1.82) is 0 Å². The number of anilines is 1. The lowest BCUT2D eigenvalue weighted by atomic mass is 10.1. The highest BCUT2D eigenvalue weighted by molar-refractivity contribution is 6.33. The molecule has 6 heteroatoms. The summed E-state index contributed by atoms with van der Waals surface area (Å²) in [4.78, 5) is 22.7. The maximum Gasteiger partial charge on any atom is 0.310 e. The smallest absolute Gasteiger partial charge is 0.310 e. The van der Waals surface area contributed by atoms with E-state index in [-0.39, 0.29) is 11.9 Å². The van der Waals surface area contributed by atoms with Crippen molar-refractivity contribution in [2.24, 2.45) is 5.92 Å². The largest absolute Gasteiger partial charge is 0.481 e. The van der Waals surface area contributed by atoms with Gasteiger partial charge < -0.3 is 16.2 Å². The molecule has 0 spiro atoms. The first-order valence-electron chi connectivity index (χ1n) is 5.74. The van der Waals surface area contributed by atoms with Crippen LogP contribution in [0, 0.1) is 5.92 Å². The van der Waals surface area contributed by atoms with Gasteiger partial charge in [-0.05, 0) is 24.6 Å². The van der Waals surface area contributed by atoms with Crippen LogP contribution >= 0.6 is 11.6 Å². The first kappa shape index (κ1) is 13.4. The van der Waals surface area contributed by atoms with Crippen LogP contribution in [-0.2, 0) is 4.79 Å². The van der Waals surface area contributed by atoms with Crippen molar-refractivity contribution in [3.8, 4) is 0 Å². The van der Waals surface area contributed by atoms with Crippen molar-refractivity contribution in [3.63, 3.8) is 0 Å². The molecule has 1 aromatic rings. The van der Waals surface area contributed by atoms with Crippen LogP contribution in [0.25, 0.3) is 0 Å². The lowest BCUT2D eigenvalue weighted by molar-refractivity contribution is -0.140. The van der Waals surface area contributed by atoms with Crippen LogP contribution in [0.15, 0.2) is 30.4 Å². The third kappa shape index (κ3) is 3.06. The Kier molecular flexibility index (Phi) is 3.76. The summed E-state index contributed by atoms with van der Waals surface area (Å²) in [5.41, 5.74) is 6.36. The summed E-state index contributed by atoms with van der Waals surface area (Å²) in [6.45, 7) is 0. The molecule has 1 aromatic carbocycles. The fraction of sp³-hybridized carbons (Fsp3) is 0.231. The van der Waals surface area contributed by atoms with Crippen LogP contribution in [-0.4, -0.2) is 23.0 Å². The zero-order valence-electron chi connectivity index (χ0n) is 9.97. The van der Waals surface area contributed by atoms with Gasteiger partial charge in [-0.15, -0.1) is 0 Å². The molecule has 0 saturated carbocycles. The number of carbonyl (C=O) groups is 2. The van der Waals surface area contributed by atoms with Gasteiger partial charge in [-0.1, -0.05) is 23.8 Å². The second-order valence-electron chi connectivity index (χ2n) is 4.38. The Hall–Kier alpha value is -2.01. The summed E-state index contributed by atoms with van der Waals surface area (Å²) in [5, 5.41) is 12.0. The molecule has 0 saturated heterocycles. The molecule has 2 unspecified atom stereocenters. The van der Waals surface area contributed by atoms with E-state index in [2.05, 4.69) is 5.32 Å². The predicted octanol–water partition coefficient (Wildman–Crippen LogP) is 1.68. The zero-order valence-corrected chi connectivity index (χ0v) is 10.7. The third-order valence-electron chi connectivity index (χ3n) is 2.98. The fourth-order valence-corrected chi connectivity index (χ4v) is 2.04. The molecule has 1 aliphatic rings. The number of benzene rings is 1. The lowest BCUT2D eigenvalue weighted by Crippen LogP contribution is -2.33. The number of hydrogen-bond donors (Lipinski definition) is 3. The summed E-state index contributed by atoms with van der Waals surface area (Å²) in [5.74, 6) is -1.73. The number of halogens is 1. The molecule has 4 N–H and O–H groups in total. The molecule has 0 aromatic heterocycles. The minimum absolute atomic E-state index is 0.273. The van der Waals surface area contributed by atoms with Gasteiger partial charge in [-0.25, -0.2) is 0 Å². The van der Waals surface area contributed by atoms with Crippen molar-refractivity contribution < 1.29 is 14.7 Å². The number of carbonyl (C=O) groups excluding carboxylic acids is 1. The maximum absolute atomic E-state index is 11.9. The molecular weight excluding hydrogens is 268 g/mol. The number of rotatable bonds is 3. The average Bonchev–Trinajstić information content (AvgIpc) is 2.81. The van der Waals surface area contributed by atoms with Crippen LogP contribution in [0.4, 0.5) is 5.69 Å². The number of nitrogen functional groups attached to an aromatic ring is 1. The summed E-state index contributed by atoms with van der Waals surface area (Å²) >= 11 is 5.78. The monoisotopic (exact) mass is 280 g/mol. The Morgan fingerprint density at radius 3 is 2.68 bits per heavy atom. The van der Waals surface area contributed by atoms with Crippen molar-refractivity contribution in [3.05, 3.63) is 40.9 Å². The topological polar surface area (TPSA) is 92.4 Å². The van der Waals surface area contributed by atoms with Gasteiger partial charge in [0.15, 0.2) is 0 Å². The second kappa shape index (κ2) is 5.32. The van der Waals surface area contributed by atoms with Crippen LogP contribution in [0.3, 0.4) is 0 Å². The van der Waals surface area contributed by atoms with Gasteiger partial charge in [-0.2, -0.15) is 0 Å². The average molecular weight is 281 g/mol. The molecule has 0 bridgehead atoms. The van der Waals surface area contributed by atoms with Gasteiger partial charge in [0.05, 0.1) is 16.6 Å². The lowest BCUT2D eigenvalue weighted by Gasteiger charge is -2.12. The zero-order chi connectivity index (χ0) is 14.0. The Bertz CT molecular complexity index is 557. The summed E-state index contributed by atoms with van der Waals surface area (Å²) in [6.07, 6.45) is 3.64. The second-order valence-corrected chi connectivity index (χ2v) is 4.79. The molecular formula is C13H13ClN2O3. The molecule has 0 fully saturated rings. The van der Waals surface area contributed by atoms with Gasteiger partial charge in [0.25, 0.3) is 5.91 Å². The molecule has 100 valence electrons. The number of amides is 1. The van der Waals surface area contributed by atoms with E-state index >= 15 is 0 Å². The highest BCUT2D eigenvalue weighted by Crippen LogP contribution is 2.21. The maximum atomic E-state index is 11.9. The van der Waals surface area contributed by atoms with E-state index in [1.807, 2.05) is 0 Å². The first-order chi connectivity index (χ1) is 8.97. The Morgan fingerprint density at radius 2 is 2.11 bits per heavy atom. The SMILES string of the molecule is Nc1cc(C(=O)NC2C=CC(C(=O)O)C2)ccc1Cl. The van der Waals surface area contributed by atoms with Gasteiger partial charge in [0.1, 0.15) is 0 Å². The quantitative estimate of drug-likeness (QED) is 0.580. The minimum atomic E-state index is -0.885. The van der Waals surface area contributed by atoms with Crippen LogP contribution in [0.1, 0.15) is 16.8 Å². The van der Waals surface area contributed by atoms with Gasteiger partial charge in [0, 0.05) is 11.6 Å². The van der Waals surface area contributed by atoms with E-state index < -0.39 is 11.9 Å². The van der Waals surface area contributed by atoms with E-state index in [1.54, 1.807) is 24.3 Å². The summed E-state index contributed by atoms with van der Waals surface area (Å²) < 4.78 is 0. The number of nitrogens with two attached hydrogens (primary N) is 1. The molecule has 19 heavy (non-hydrogen) atoms. The van der Waals surface area contributed by atoms with Crippen molar-refractivity contribution in [2.45, 2.75) is 12.5 Å². The Balaban J connectivity index is 2.00. The number of aliphatic carboxylic acids is 1. The Morgan fingerprint density at radius 1 is 1.37 bits per heavy atom. The first-order valence-corrected chi connectivity index (χ1v) is 6.12. The van der Waals surface area contributed by atoms with Crippen molar-refractivity contribution in [1.82, 2.24) is 5.32 Å². The summed E-state index contributed by atoms with van der Waals surface area (Å²) in [7, 11) is 0. The highest BCUT2D eigenvalue weighted by Gasteiger charge is 2.25. The van der Waals surface area contributed by atoms with Crippen LogP contribution in [0.5, 0.6) is 0 Å². The molecule has 1 aliphatic carbocycles. The molecule has 0 aliphatic heterocycles. The van der Waals surface area contributed by atoms with E-state index in [4.69, 9.17) is 22.4 Å². The van der Waals surface area contributed by atoms with E-state index in [9.17, 15) is 9.59 Å². The Labute approximate surface area is 115 Å². The molecule has 0 radical (unpaired) electrons. The van der Waals surface area contributed by atoms with Crippen LogP contribution < -0.4 is 11.1 Å². The van der Waals surface area contributed by atoms with Crippen molar-refractivity contribution >= 4 is 29.2 Å². The number of carboxylic acid groups (broad SMARTS) is 1. The fourth-order valence-electron chi connectivity index (χ4n) is 1.93. The predicted molar refractivity (Wildman–Crippen MR) is 72.0 cm³/mol. The molecule has 2 rings (SSSR count). The van der Waals surface area contributed by atoms with E-state index in [0.29, 0.717) is 22.7 Å². The van der Waals surface area contributed by atoms with Gasteiger partial charge in [0.2, 0.25) is 0 Å².